The Hall–Kier alpha value is -1.60. The van der Waals surface area contributed by atoms with Crippen LogP contribution < -0.4 is 4.74 Å². The Morgan fingerprint density at radius 3 is 2.75 bits per heavy atom. The minimum atomic E-state index is -4.70. The fourth-order valence-electron chi connectivity index (χ4n) is 2.79. The van der Waals surface area contributed by atoms with E-state index in [0.717, 1.165) is 4.47 Å². The fourth-order valence-corrected chi connectivity index (χ4v) is 3.15. The van der Waals surface area contributed by atoms with Crippen molar-refractivity contribution in [3.8, 4) is 5.75 Å². The van der Waals surface area contributed by atoms with Gasteiger partial charge in [-0.2, -0.15) is 0 Å². The highest BCUT2D eigenvalue weighted by atomic mass is 79.9. The van der Waals surface area contributed by atoms with Gasteiger partial charge in [0.15, 0.2) is 5.78 Å². The van der Waals surface area contributed by atoms with Gasteiger partial charge in [0.2, 0.25) is 0 Å². The molecule has 7 heteroatoms. The summed E-state index contributed by atoms with van der Waals surface area (Å²) in [5, 5.41) is 0. The Balaban J connectivity index is 1.76. The molecule has 0 aromatic heterocycles. The zero-order valence-electron chi connectivity index (χ0n) is 12.7. The highest BCUT2D eigenvalue weighted by molar-refractivity contribution is 9.10. The number of carbonyl (C=O) groups excluding carboxylic acids is 1. The summed E-state index contributed by atoms with van der Waals surface area (Å²) in [6.07, 6.45) is -0.465. The van der Waals surface area contributed by atoms with Gasteiger partial charge in [-0.05, 0) is 37.1 Å². The van der Waals surface area contributed by atoms with Gasteiger partial charge in [-0.15, -0.1) is 13.2 Å². The average molecular weight is 403 g/mol. The van der Waals surface area contributed by atoms with E-state index in [2.05, 4.69) is 20.7 Å². The first kappa shape index (κ1) is 17.2. The first-order valence-corrected chi connectivity index (χ1v) is 8.10. The lowest BCUT2D eigenvalue weighted by Gasteiger charge is -2.32. The summed E-state index contributed by atoms with van der Waals surface area (Å²) in [6, 6.07) is 5.18. The second kappa shape index (κ2) is 6.04. The number of halogens is 4. The van der Waals surface area contributed by atoms with E-state index in [1.165, 1.54) is 19.1 Å². The van der Waals surface area contributed by atoms with Gasteiger partial charge in [-0.3, -0.25) is 9.53 Å². The molecule has 0 radical (unpaired) electrons. The van der Waals surface area contributed by atoms with Crippen LogP contribution in [-0.2, 0) is 4.74 Å². The summed E-state index contributed by atoms with van der Waals surface area (Å²) in [6.45, 7) is 1.37. The van der Waals surface area contributed by atoms with Crippen molar-refractivity contribution in [1.82, 2.24) is 0 Å². The predicted octanol–water partition coefficient (Wildman–Crippen LogP) is 4.96. The maximum Gasteiger partial charge on any atom is 0.523 e. The highest BCUT2D eigenvalue weighted by Crippen LogP contribution is 2.36. The lowest BCUT2D eigenvalue weighted by atomic mass is 9.88. The van der Waals surface area contributed by atoms with E-state index in [1.54, 1.807) is 24.3 Å². The van der Waals surface area contributed by atoms with E-state index in [-0.39, 0.29) is 18.6 Å². The molecular weight excluding hydrogens is 389 g/mol. The molecule has 3 rings (SSSR count). The van der Waals surface area contributed by atoms with Crippen molar-refractivity contribution in [3.63, 3.8) is 0 Å². The van der Waals surface area contributed by atoms with Crippen molar-refractivity contribution in [2.75, 3.05) is 0 Å². The molecule has 1 aliphatic carbocycles. The summed E-state index contributed by atoms with van der Waals surface area (Å²) < 4.78 is 48.1. The topological polar surface area (TPSA) is 35.5 Å². The Labute approximate surface area is 145 Å². The average Bonchev–Trinajstić information content (AvgIpc) is 2.46. The first-order chi connectivity index (χ1) is 11.2. The molecule has 0 bridgehead atoms. The number of ketones is 1. The van der Waals surface area contributed by atoms with E-state index >= 15 is 0 Å². The molecule has 0 saturated heterocycles. The Morgan fingerprint density at radius 1 is 1.38 bits per heavy atom. The third-order valence-electron chi connectivity index (χ3n) is 3.97. The second-order valence-electron chi connectivity index (χ2n) is 5.98. The van der Waals surface area contributed by atoms with Crippen LogP contribution in [0.1, 0.15) is 30.1 Å². The molecule has 0 spiro atoms. The summed E-state index contributed by atoms with van der Waals surface area (Å²) in [4.78, 5) is 12.3. The van der Waals surface area contributed by atoms with Gasteiger partial charge < -0.3 is 4.74 Å². The number of rotatable bonds is 2. The number of hydrogen-bond donors (Lipinski definition) is 0. The van der Waals surface area contributed by atoms with Crippen LogP contribution in [0.2, 0.25) is 0 Å². The molecule has 1 heterocycles. The van der Waals surface area contributed by atoms with Crippen molar-refractivity contribution in [2.24, 2.45) is 0 Å². The number of alkyl halides is 3. The molecular formula is C17H14BrF3O3. The summed E-state index contributed by atoms with van der Waals surface area (Å²) in [5.74, 6) is 0.422. The number of hydrogen-bond acceptors (Lipinski definition) is 3. The second-order valence-corrected chi connectivity index (χ2v) is 6.89. The van der Waals surface area contributed by atoms with Gasteiger partial charge in [-0.25, -0.2) is 0 Å². The maximum absolute atomic E-state index is 12.4. The molecule has 0 amide bonds. The van der Waals surface area contributed by atoms with Crippen LogP contribution in [0.15, 0.2) is 46.5 Å². The highest BCUT2D eigenvalue weighted by Gasteiger charge is 2.40. The Kier molecular flexibility index (Phi) is 4.34. The monoisotopic (exact) mass is 402 g/mol. The number of Topliss-reactive ketones (excluding diaryl/α,β-unsaturated/α-hetero) is 1. The summed E-state index contributed by atoms with van der Waals surface area (Å²) in [5.41, 5.74) is -0.255. The van der Waals surface area contributed by atoms with E-state index in [0.29, 0.717) is 16.9 Å². The lowest BCUT2D eigenvalue weighted by Crippen LogP contribution is -2.36. The van der Waals surface area contributed by atoms with E-state index in [1.807, 2.05) is 0 Å². The van der Waals surface area contributed by atoms with E-state index < -0.39 is 18.1 Å². The third-order valence-corrected chi connectivity index (χ3v) is 4.47. The SMILES string of the molecule is CC1(OC(F)(F)F)C=CC(C2CC(=O)c3cc(Br)ccc3O2)=CC1. The van der Waals surface area contributed by atoms with Crippen LogP contribution in [-0.4, -0.2) is 23.9 Å². The van der Waals surface area contributed by atoms with Gasteiger partial charge >= 0.3 is 6.36 Å². The molecule has 24 heavy (non-hydrogen) atoms. The molecule has 2 aliphatic rings. The largest absolute Gasteiger partial charge is 0.523 e. The van der Waals surface area contributed by atoms with Crippen molar-refractivity contribution in [1.29, 1.82) is 0 Å². The minimum Gasteiger partial charge on any atom is -0.485 e. The lowest BCUT2D eigenvalue weighted by molar-refractivity contribution is -0.355. The van der Waals surface area contributed by atoms with Crippen LogP contribution in [0.4, 0.5) is 13.2 Å². The zero-order valence-corrected chi connectivity index (χ0v) is 14.3. The number of ether oxygens (including phenoxy) is 2. The number of carbonyl (C=O) groups is 1. The maximum atomic E-state index is 12.4. The van der Waals surface area contributed by atoms with Crippen LogP contribution in [0.5, 0.6) is 5.75 Å². The van der Waals surface area contributed by atoms with Crippen molar-refractivity contribution in [3.05, 3.63) is 52.0 Å². The Morgan fingerprint density at radius 2 is 2.12 bits per heavy atom. The van der Waals surface area contributed by atoms with Gasteiger partial charge in [0, 0.05) is 4.47 Å². The van der Waals surface area contributed by atoms with Crippen molar-refractivity contribution >= 4 is 21.7 Å². The molecule has 0 fully saturated rings. The minimum absolute atomic E-state index is 0.0551. The van der Waals surface area contributed by atoms with Gasteiger partial charge in [-0.1, -0.05) is 34.2 Å². The number of fused-ring (bicyclic) bond motifs is 1. The Bertz CT molecular complexity index is 739. The molecule has 1 aliphatic heterocycles. The summed E-state index contributed by atoms with van der Waals surface area (Å²) in [7, 11) is 0. The molecule has 2 unspecified atom stereocenters. The van der Waals surface area contributed by atoms with Gasteiger partial charge in [0.05, 0.1) is 17.6 Å². The summed E-state index contributed by atoms with van der Waals surface area (Å²) >= 11 is 3.31. The molecule has 3 nitrogen and oxygen atoms in total. The predicted molar refractivity (Wildman–Crippen MR) is 84.9 cm³/mol. The smallest absolute Gasteiger partial charge is 0.485 e. The molecule has 0 N–H and O–H groups in total. The number of benzene rings is 1. The quantitative estimate of drug-likeness (QED) is 0.700. The van der Waals surface area contributed by atoms with Gasteiger partial charge in [0.25, 0.3) is 0 Å². The molecule has 0 saturated carbocycles. The van der Waals surface area contributed by atoms with E-state index in [9.17, 15) is 18.0 Å². The van der Waals surface area contributed by atoms with Crippen LogP contribution in [0, 0.1) is 0 Å². The normalized spacial score (nSPS) is 26.6. The van der Waals surface area contributed by atoms with Gasteiger partial charge in [0.1, 0.15) is 11.9 Å². The molecule has 128 valence electrons. The molecule has 1 aromatic rings. The standard InChI is InChI=1S/C17H14BrF3O3/c1-16(24-17(19,20)21)6-4-10(5-7-16)15-9-13(22)12-8-11(18)2-3-14(12)23-15/h2-6,8,15H,7,9H2,1H3. The van der Waals surface area contributed by atoms with Crippen LogP contribution in [0.3, 0.4) is 0 Å². The first-order valence-electron chi connectivity index (χ1n) is 7.31. The van der Waals surface area contributed by atoms with Crippen molar-refractivity contribution < 1.29 is 27.4 Å². The fraction of sp³-hybridized carbons (Fsp3) is 0.353. The van der Waals surface area contributed by atoms with Crippen LogP contribution >= 0.6 is 15.9 Å². The molecule has 1 aromatic carbocycles. The zero-order chi connectivity index (χ0) is 17.5. The molecule has 2 atom stereocenters. The van der Waals surface area contributed by atoms with E-state index in [4.69, 9.17) is 4.74 Å². The van der Waals surface area contributed by atoms with Crippen LogP contribution in [0.25, 0.3) is 0 Å². The third kappa shape index (κ3) is 3.72. The van der Waals surface area contributed by atoms with Crippen molar-refractivity contribution in [2.45, 2.75) is 37.8 Å².